The molecule has 25 heavy (non-hydrogen) atoms. The van der Waals surface area contributed by atoms with Crippen LogP contribution in [-0.2, 0) is 0 Å². The molecule has 1 unspecified atom stereocenters. The van der Waals surface area contributed by atoms with E-state index < -0.39 is 8.30 Å². The zero-order chi connectivity index (χ0) is 17.6. The summed E-state index contributed by atoms with van der Waals surface area (Å²) in [5.41, 5.74) is 1.16. The maximum Gasteiger partial charge on any atom is 0.251 e. The maximum atomic E-state index is 12.2. The highest BCUT2D eigenvalue weighted by atomic mass is 35.5. The molecule has 0 radical (unpaired) electrons. The van der Waals surface area contributed by atoms with Gasteiger partial charge in [-0.15, -0.1) is 0 Å². The van der Waals surface area contributed by atoms with Crippen LogP contribution in [-0.4, -0.2) is 54.1 Å². The van der Waals surface area contributed by atoms with Crippen LogP contribution in [0.15, 0.2) is 24.3 Å². The minimum atomic E-state index is -0.935. The fraction of sp³-hybridized carbons (Fsp3) is 0.611. The van der Waals surface area contributed by atoms with Gasteiger partial charge in [-0.05, 0) is 62.9 Å². The summed E-state index contributed by atoms with van der Waals surface area (Å²) < 4.78 is 0. The second-order valence-corrected chi connectivity index (χ2v) is 9.16. The first kappa shape index (κ1) is 19.1. The van der Waals surface area contributed by atoms with Gasteiger partial charge in [0.25, 0.3) is 5.91 Å². The number of hydrogen-bond acceptors (Lipinski definition) is 4. The lowest BCUT2D eigenvalue weighted by Gasteiger charge is -2.32. The predicted molar refractivity (Wildman–Crippen MR) is 103 cm³/mol. The molecule has 1 aliphatic heterocycles. The fourth-order valence-electron chi connectivity index (χ4n) is 3.15. The predicted octanol–water partition coefficient (Wildman–Crippen LogP) is 2.84. The van der Waals surface area contributed by atoms with Crippen molar-refractivity contribution in [2.24, 2.45) is 5.92 Å². The lowest BCUT2D eigenvalue weighted by atomic mass is 9.96. The summed E-state index contributed by atoms with van der Waals surface area (Å²) in [6, 6.07) is 7.05. The second kappa shape index (κ2) is 9.29. The molecule has 0 bridgehead atoms. The molecule has 2 aliphatic rings. The summed E-state index contributed by atoms with van der Waals surface area (Å²) in [7, 11) is -0.935. The average molecular weight is 384 g/mol. The SMILES string of the molecule is O=C(NCC1CCN(CCNP(O)C2CC2)CC1)c1cccc(Cl)c1. The van der Waals surface area contributed by atoms with E-state index in [9.17, 15) is 9.69 Å². The molecule has 1 amide bonds. The van der Waals surface area contributed by atoms with Gasteiger partial charge in [0, 0.05) is 35.9 Å². The molecule has 3 rings (SSSR count). The molecule has 5 nitrogen and oxygen atoms in total. The Kier molecular flexibility index (Phi) is 7.08. The summed E-state index contributed by atoms with van der Waals surface area (Å²) in [5, 5.41) is 6.89. The Morgan fingerprint density at radius 1 is 1.28 bits per heavy atom. The minimum Gasteiger partial charge on any atom is -0.359 e. The molecule has 1 aliphatic carbocycles. The van der Waals surface area contributed by atoms with Crippen LogP contribution in [0, 0.1) is 5.92 Å². The first-order valence-electron chi connectivity index (χ1n) is 9.09. The molecule has 1 saturated heterocycles. The number of hydrogen-bond donors (Lipinski definition) is 3. The molecule has 1 heterocycles. The van der Waals surface area contributed by atoms with Crippen molar-refractivity contribution in [2.75, 3.05) is 32.7 Å². The summed E-state index contributed by atoms with van der Waals surface area (Å²) in [4.78, 5) is 24.5. The van der Waals surface area contributed by atoms with Gasteiger partial charge in [0.05, 0.1) is 0 Å². The van der Waals surface area contributed by atoms with Gasteiger partial charge in [-0.1, -0.05) is 17.7 Å². The van der Waals surface area contributed by atoms with Crippen molar-refractivity contribution in [1.82, 2.24) is 15.3 Å². The van der Waals surface area contributed by atoms with Crippen molar-refractivity contribution in [3.63, 3.8) is 0 Å². The van der Waals surface area contributed by atoms with E-state index in [0.717, 1.165) is 45.6 Å². The highest BCUT2D eigenvalue weighted by Gasteiger charge is 2.30. The van der Waals surface area contributed by atoms with Crippen molar-refractivity contribution >= 4 is 25.8 Å². The van der Waals surface area contributed by atoms with E-state index in [1.165, 1.54) is 12.8 Å². The standard InChI is InChI=1S/C18H27ClN3O2P/c19-16-3-1-2-15(12-16)18(23)20-13-14-6-9-22(10-7-14)11-8-21-25(24)17-4-5-17/h1-3,12,14,17,21,24H,4-11,13H2,(H,20,23). The summed E-state index contributed by atoms with van der Waals surface area (Å²) in [6.07, 6.45) is 4.57. The molecule has 1 aromatic carbocycles. The Labute approximate surface area is 156 Å². The Morgan fingerprint density at radius 2 is 2.04 bits per heavy atom. The number of carbonyl (C=O) groups excluding carboxylic acids is 1. The number of nitrogens with zero attached hydrogens (tertiary/aromatic N) is 1. The quantitative estimate of drug-likeness (QED) is 0.604. The molecule has 7 heteroatoms. The topological polar surface area (TPSA) is 64.6 Å². The smallest absolute Gasteiger partial charge is 0.251 e. The molecule has 1 aromatic rings. The van der Waals surface area contributed by atoms with E-state index in [-0.39, 0.29) is 5.91 Å². The molecule has 1 saturated carbocycles. The Bertz CT molecular complexity index is 577. The van der Waals surface area contributed by atoms with E-state index in [4.69, 9.17) is 11.6 Å². The average Bonchev–Trinajstić information content (AvgIpc) is 3.46. The van der Waals surface area contributed by atoms with Crippen molar-refractivity contribution < 1.29 is 9.69 Å². The molecule has 1 atom stereocenters. The number of amides is 1. The first-order chi connectivity index (χ1) is 12.1. The minimum absolute atomic E-state index is 0.0505. The normalized spacial score (nSPS) is 20.4. The van der Waals surface area contributed by atoms with E-state index in [1.54, 1.807) is 24.3 Å². The number of benzene rings is 1. The van der Waals surface area contributed by atoms with Gasteiger partial charge >= 0.3 is 0 Å². The van der Waals surface area contributed by atoms with E-state index >= 15 is 0 Å². The van der Waals surface area contributed by atoms with Crippen LogP contribution in [0.1, 0.15) is 36.0 Å². The first-order valence-corrected chi connectivity index (χ1v) is 10.8. The van der Waals surface area contributed by atoms with Gasteiger partial charge < -0.3 is 15.1 Å². The Morgan fingerprint density at radius 3 is 2.72 bits per heavy atom. The van der Waals surface area contributed by atoms with Crippen molar-refractivity contribution in [3.8, 4) is 0 Å². The van der Waals surface area contributed by atoms with E-state index in [2.05, 4.69) is 15.3 Å². The largest absolute Gasteiger partial charge is 0.359 e. The molecule has 0 aromatic heterocycles. The van der Waals surface area contributed by atoms with Gasteiger partial charge in [-0.3, -0.25) is 9.88 Å². The molecule has 3 N–H and O–H groups in total. The second-order valence-electron chi connectivity index (χ2n) is 6.99. The van der Waals surface area contributed by atoms with Crippen LogP contribution < -0.4 is 10.4 Å². The summed E-state index contributed by atoms with van der Waals surface area (Å²) in [6.45, 7) is 4.71. The number of piperidine rings is 1. The third kappa shape index (κ3) is 6.19. The van der Waals surface area contributed by atoms with Gasteiger partial charge in [-0.2, -0.15) is 0 Å². The zero-order valence-electron chi connectivity index (χ0n) is 14.5. The highest BCUT2D eigenvalue weighted by molar-refractivity contribution is 7.50. The van der Waals surface area contributed by atoms with Gasteiger partial charge in [-0.25, -0.2) is 0 Å². The third-order valence-corrected chi connectivity index (χ3v) is 6.93. The van der Waals surface area contributed by atoms with E-state index in [0.29, 0.717) is 22.2 Å². The van der Waals surface area contributed by atoms with Gasteiger partial charge in [0.2, 0.25) is 0 Å². The molecular formula is C18H27ClN3O2P. The number of likely N-dealkylation sites (tertiary alicyclic amines) is 1. The van der Waals surface area contributed by atoms with Crippen LogP contribution in [0.3, 0.4) is 0 Å². The maximum absolute atomic E-state index is 12.2. The monoisotopic (exact) mass is 383 g/mol. The van der Waals surface area contributed by atoms with Crippen molar-refractivity contribution in [2.45, 2.75) is 31.3 Å². The van der Waals surface area contributed by atoms with Crippen molar-refractivity contribution in [1.29, 1.82) is 0 Å². The third-order valence-electron chi connectivity index (χ3n) is 4.94. The van der Waals surface area contributed by atoms with Gasteiger partial charge in [0.1, 0.15) is 8.30 Å². The van der Waals surface area contributed by atoms with E-state index in [1.807, 2.05) is 0 Å². The molecular weight excluding hydrogens is 357 g/mol. The number of carbonyl (C=O) groups is 1. The van der Waals surface area contributed by atoms with Crippen LogP contribution in [0.4, 0.5) is 0 Å². The van der Waals surface area contributed by atoms with Crippen LogP contribution in [0.5, 0.6) is 0 Å². The Hall–Kier alpha value is -0.710. The number of halogens is 1. The lowest BCUT2D eigenvalue weighted by Crippen LogP contribution is -2.40. The lowest BCUT2D eigenvalue weighted by molar-refractivity contribution is 0.0936. The van der Waals surface area contributed by atoms with Crippen LogP contribution in [0.25, 0.3) is 0 Å². The zero-order valence-corrected chi connectivity index (χ0v) is 16.1. The van der Waals surface area contributed by atoms with Crippen LogP contribution in [0.2, 0.25) is 5.02 Å². The fourth-order valence-corrected chi connectivity index (χ4v) is 4.57. The molecule has 2 fully saturated rings. The number of rotatable bonds is 8. The van der Waals surface area contributed by atoms with Gasteiger partial charge in [0.15, 0.2) is 0 Å². The number of nitrogens with one attached hydrogen (secondary N) is 2. The molecule has 0 spiro atoms. The van der Waals surface area contributed by atoms with Crippen molar-refractivity contribution in [3.05, 3.63) is 34.9 Å². The highest BCUT2D eigenvalue weighted by Crippen LogP contribution is 2.47. The summed E-state index contributed by atoms with van der Waals surface area (Å²) in [5.74, 6) is 0.485. The Balaban J connectivity index is 1.30. The molecule has 138 valence electrons. The summed E-state index contributed by atoms with van der Waals surface area (Å²) >= 11 is 5.93. The van der Waals surface area contributed by atoms with Crippen LogP contribution >= 0.6 is 19.9 Å².